The minimum Gasteiger partial charge on any atom is -0.0985 e. The molecule has 0 radical (unpaired) electrons. The molecule has 0 unspecified atom stereocenters. The molecule has 2 aliphatic carbocycles. The van der Waals surface area contributed by atoms with Crippen LogP contribution in [0.25, 0.3) is 66.9 Å². The first-order chi connectivity index (χ1) is 21.2. The molecule has 6 aromatic carbocycles. The van der Waals surface area contributed by atoms with Gasteiger partial charge in [0.05, 0.1) is 0 Å². The number of benzene rings is 6. The van der Waals surface area contributed by atoms with Crippen LogP contribution in [0.1, 0.15) is 34.2 Å². The molecule has 8 rings (SSSR count). The maximum atomic E-state index is 4.00. The van der Waals surface area contributed by atoms with Gasteiger partial charge in [0, 0.05) is 0 Å². The van der Waals surface area contributed by atoms with Gasteiger partial charge in [-0.2, -0.15) is 0 Å². The Morgan fingerprint density at radius 1 is 0.558 bits per heavy atom. The van der Waals surface area contributed by atoms with E-state index in [2.05, 4.69) is 147 Å². The summed E-state index contributed by atoms with van der Waals surface area (Å²) in [5, 5.41) is 2.58. The highest BCUT2D eigenvalue weighted by molar-refractivity contribution is 6.21. The molecule has 0 atom stereocenters. The Kier molecular flexibility index (Phi) is 6.09. The average molecular weight is 549 g/mol. The second-order valence-electron chi connectivity index (χ2n) is 11.6. The van der Waals surface area contributed by atoms with E-state index >= 15 is 0 Å². The SMILES string of the molecule is C=Cc1ccc(-c2ccc3c(-c4ccccc4)c4c(c(-c5ccccc5)c3c2)-c2cccc3c2/C4=C\C/C=C\C3)cc1C. The van der Waals surface area contributed by atoms with Crippen molar-refractivity contribution in [3.05, 3.63) is 168 Å². The van der Waals surface area contributed by atoms with Crippen LogP contribution in [0.4, 0.5) is 0 Å². The van der Waals surface area contributed by atoms with Crippen LogP contribution >= 0.6 is 0 Å². The lowest BCUT2D eigenvalue weighted by atomic mass is 9.82. The van der Waals surface area contributed by atoms with Crippen molar-refractivity contribution in [3.8, 4) is 44.5 Å². The third kappa shape index (κ3) is 4.06. The molecule has 43 heavy (non-hydrogen) atoms. The Balaban J connectivity index is 1.55. The molecule has 0 fully saturated rings. The molecule has 0 saturated carbocycles. The second-order valence-corrected chi connectivity index (χ2v) is 11.6. The van der Waals surface area contributed by atoms with E-state index in [-0.39, 0.29) is 0 Å². The van der Waals surface area contributed by atoms with Gasteiger partial charge in [-0.1, -0.05) is 140 Å². The highest BCUT2D eigenvalue weighted by Crippen LogP contribution is 2.57. The monoisotopic (exact) mass is 548 g/mol. The van der Waals surface area contributed by atoms with Gasteiger partial charge in [-0.25, -0.2) is 0 Å². The summed E-state index contributed by atoms with van der Waals surface area (Å²) in [5.41, 5.74) is 18.3. The van der Waals surface area contributed by atoms with Crippen LogP contribution in [0.2, 0.25) is 0 Å². The third-order valence-electron chi connectivity index (χ3n) is 9.18. The molecule has 0 spiro atoms. The molecule has 0 heterocycles. The largest absolute Gasteiger partial charge is 0.0985 e. The van der Waals surface area contributed by atoms with E-state index in [9.17, 15) is 0 Å². The molecule has 0 nitrogen and oxygen atoms in total. The first-order valence-electron chi connectivity index (χ1n) is 15.2. The van der Waals surface area contributed by atoms with Crippen molar-refractivity contribution in [2.45, 2.75) is 19.8 Å². The van der Waals surface area contributed by atoms with E-state index in [1.54, 1.807) is 0 Å². The van der Waals surface area contributed by atoms with Crippen LogP contribution in [-0.4, -0.2) is 0 Å². The van der Waals surface area contributed by atoms with Gasteiger partial charge in [0.15, 0.2) is 0 Å². The van der Waals surface area contributed by atoms with Crippen molar-refractivity contribution in [1.29, 1.82) is 0 Å². The van der Waals surface area contributed by atoms with Crippen molar-refractivity contribution >= 4 is 22.4 Å². The maximum Gasteiger partial charge on any atom is -0.000764 e. The summed E-state index contributed by atoms with van der Waals surface area (Å²) in [5.74, 6) is 0. The predicted octanol–water partition coefficient (Wildman–Crippen LogP) is 11.7. The van der Waals surface area contributed by atoms with Gasteiger partial charge in [0.1, 0.15) is 0 Å². The molecule has 0 aromatic heterocycles. The van der Waals surface area contributed by atoms with Crippen LogP contribution in [0.3, 0.4) is 0 Å². The Morgan fingerprint density at radius 2 is 1.26 bits per heavy atom. The summed E-state index contributed by atoms with van der Waals surface area (Å²) in [7, 11) is 0. The van der Waals surface area contributed by atoms with Gasteiger partial charge >= 0.3 is 0 Å². The lowest BCUT2D eigenvalue weighted by Crippen LogP contribution is -1.96. The fourth-order valence-corrected chi connectivity index (χ4v) is 7.22. The quantitative estimate of drug-likeness (QED) is 0.192. The zero-order valence-electron chi connectivity index (χ0n) is 24.4. The van der Waals surface area contributed by atoms with Crippen molar-refractivity contribution in [3.63, 3.8) is 0 Å². The van der Waals surface area contributed by atoms with Crippen molar-refractivity contribution < 1.29 is 0 Å². The third-order valence-corrected chi connectivity index (χ3v) is 9.18. The first kappa shape index (κ1) is 25.5. The molecule has 0 bridgehead atoms. The summed E-state index contributed by atoms with van der Waals surface area (Å²) < 4.78 is 0. The average Bonchev–Trinajstić information content (AvgIpc) is 3.36. The Labute approximate surface area is 254 Å². The standard InChI is InChI=1S/C43H32/c1-3-29-22-23-33(26-28(29)2)34-24-25-35-38(27-34)41(32-17-9-5-10-18-32)43-37-21-13-19-30-14-11-6-12-20-36(39(30)37)42(43)40(35)31-15-7-4-8-16-31/h3-11,13,15-27H,1,12,14H2,2H3/b11-6-,36-20+. The molecular weight excluding hydrogens is 516 g/mol. The van der Waals surface area contributed by atoms with Crippen molar-refractivity contribution in [2.75, 3.05) is 0 Å². The Hall–Kier alpha value is -5.20. The minimum absolute atomic E-state index is 0.939. The van der Waals surface area contributed by atoms with E-state index in [0.29, 0.717) is 0 Å². The summed E-state index contributed by atoms with van der Waals surface area (Å²) in [6.07, 6.45) is 10.9. The summed E-state index contributed by atoms with van der Waals surface area (Å²) in [6, 6.07) is 42.7. The van der Waals surface area contributed by atoms with E-state index < -0.39 is 0 Å². The fourth-order valence-electron chi connectivity index (χ4n) is 7.22. The summed E-state index contributed by atoms with van der Waals surface area (Å²) in [6.45, 7) is 6.17. The minimum atomic E-state index is 0.939. The molecule has 6 aromatic rings. The zero-order valence-corrected chi connectivity index (χ0v) is 24.4. The summed E-state index contributed by atoms with van der Waals surface area (Å²) >= 11 is 0. The Morgan fingerprint density at radius 3 is 1.98 bits per heavy atom. The lowest BCUT2D eigenvalue weighted by molar-refractivity contribution is 1.21. The molecule has 0 N–H and O–H groups in total. The van der Waals surface area contributed by atoms with E-state index in [1.807, 2.05) is 6.08 Å². The van der Waals surface area contributed by atoms with E-state index in [4.69, 9.17) is 0 Å². The van der Waals surface area contributed by atoms with Gasteiger partial charge in [-0.3, -0.25) is 0 Å². The molecular formula is C43H32. The van der Waals surface area contributed by atoms with Crippen LogP contribution in [-0.2, 0) is 6.42 Å². The smallest absolute Gasteiger partial charge is 0.000764 e. The van der Waals surface area contributed by atoms with Crippen LogP contribution in [0.5, 0.6) is 0 Å². The highest BCUT2D eigenvalue weighted by Gasteiger charge is 2.33. The Bertz CT molecular complexity index is 2120. The molecule has 204 valence electrons. The molecule has 0 aliphatic heterocycles. The maximum absolute atomic E-state index is 4.00. The summed E-state index contributed by atoms with van der Waals surface area (Å²) in [4.78, 5) is 0. The topological polar surface area (TPSA) is 0 Å². The molecule has 2 aliphatic rings. The van der Waals surface area contributed by atoms with Crippen LogP contribution in [0, 0.1) is 6.92 Å². The van der Waals surface area contributed by atoms with Crippen molar-refractivity contribution in [2.24, 2.45) is 0 Å². The first-order valence-corrected chi connectivity index (χ1v) is 15.2. The van der Waals surface area contributed by atoms with E-state index in [1.165, 1.54) is 88.7 Å². The fraction of sp³-hybridized carbons (Fsp3) is 0.0698. The molecule has 0 amide bonds. The number of fused-ring (bicyclic) bond motifs is 4. The number of hydrogen-bond donors (Lipinski definition) is 0. The van der Waals surface area contributed by atoms with E-state index in [0.717, 1.165) is 12.8 Å². The van der Waals surface area contributed by atoms with Gasteiger partial charge in [-0.05, 0) is 115 Å². The number of aryl methyl sites for hydroxylation is 1. The second kappa shape index (κ2) is 10.3. The molecule has 0 saturated heterocycles. The predicted molar refractivity (Wildman–Crippen MR) is 185 cm³/mol. The number of rotatable bonds is 4. The van der Waals surface area contributed by atoms with Gasteiger partial charge < -0.3 is 0 Å². The van der Waals surface area contributed by atoms with Crippen molar-refractivity contribution in [1.82, 2.24) is 0 Å². The zero-order chi connectivity index (χ0) is 28.9. The lowest BCUT2D eigenvalue weighted by Gasteiger charge is -2.21. The van der Waals surface area contributed by atoms with Crippen LogP contribution < -0.4 is 0 Å². The van der Waals surface area contributed by atoms with Crippen LogP contribution in [0.15, 0.2) is 140 Å². The highest BCUT2D eigenvalue weighted by atomic mass is 14.4. The number of allylic oxidation sites excluding steroid dienone is 3. The van der Waals surface area contributed by atoms with Gasteiger partial charge in [0.2, 0.25) is 0 Å². The molecule has 0 heteroatoms. The number of hydrogen-bond acceptors (Lipinski definition) is 0. The van der Waals surface area contributed by atoms with Gasteiger partial charge in [0.25, 0.3) is 0 Å². The van der Waals surface area contributed by atoms with Gasteiger partial charge in [-0.15, -0.1) is 0 Å². The normalized spacial score (nSPS) is 15.1.